The quantitative estimate of drug-likeness (QED) is 0.800. The normalized spacial score (nSPS) is 12.0. The van der Waals surface area contributed by atoms with Gasteiger partial charge in [-0.1, -0.05) is 0 Å². The maximum absolute atomic E-state index is 13.0. The minimum Gasteiger partial charge on any atom is -0.492 e. The maximum atomic E-state index is 13.0. The molecule has 1 unspecified atom stereocenters. The molecule has 1 atom stereocenters. The molecular formula is C12H15FO4. The summed E-state index contributed by atoms with van der Waals surface area (Å²) in [5.41, 5.74) is 0.483. The molecule has 17 heavy (non-hydrogen) atoms. The molecule has 0 amide bonds. The second-order valence-corrected chi connectivity index (χ2v) is 3.53. The van der Waals surface area contributed by atoms with Crippen LogP contribution in [0.2, 0.25) is 0 Å². The van der Waals surface area contributed by atoms with Crippen molar-refractivity contribution in [2.24, 2.45) is 0 Å². The number of hydrogen-bond donors (Lipinski definition) is 1. The standard InChI is InChI=1S/C12H15FO4/c1-8(14)10-4-3-9(13)7-11(10)17-6-5-12(15)16-2/h3-4,7-8,14H,5-6H2,1-2H3. The van der Waals surface area contributed by atoms with E-state index in [0.29, 0.717) is 5.56 Å². The van der Waals surface area contributed by atoms with Crippen LogP contribution in [0, 0.1) is 5.82 Å². The average molecular weight is 242 g/mol. The van der Waals surface area contributed by atoms with Crippen LogP contribution in [0.15, 0.2) is 18.2 Å². The zero-order chi connectivity index (χ0) is 12.8. The van der Waals surface area contributed by atoms with Crippen LogP contribution in [-0.2, 0) is 9.53 Å². The van der Waals surface area contributed by atoms with Crippen molar-refractivity contribution in [1.82, 2.24) is 0 Å². The number of aliphatic hydroxyl groups is 1. The number of carbonyl (C=O) groups excluding carboxylic acids is 1. The first kappa shape index (κ1) is 13.4. The maximum Gasteiger partial charge on any atom is 0.308 e. The van der Waals surface area contributed by atoms with Gasteiger partial charge in [0, 0.05) is 11.6 Å². The molecule has 0 aliphatic heterocycles. The molecule has 4 nitrogen and oxygen atoms in total. The van der Waals surface area contributed by atoms with Crippen molar-refractivity contribution in [3.8, 4) is 5.75 Å². The summed E-state index contributed by atoms with van der Waals surface area (Å²) in [5, 5.41) is 9.46. The van der Waals surface area contributed by atoms with Crippen LogP contribution in [0.5, 0.6) is 5.75 Å². The Bertz CT molecular complexity index is 390. The summed E-state index contributed by atoms with van der Waals surface area (Å²) in [4.78, 5) is 10.9. The summed E-state index contributed by atoms with van der Waals surface area (Å²) in [6, 6.07) is 3.88. The lowest BCUT2D eigenvalue weighted by Gasteiger charge is -2.13. The number of hydrogen-bond acceptors (Lipinski definition) is 4. The lowest BCUT2D eigenvalue weighted by molar-refractivity contribution is -0.141. The van der Waals surface area contributed by atoms with Crippen molar-refractivity contribution in [3.63, 3.8) is 0 Å². The van der Waals surface area contributed by atoms with Crippen LogP contribution in [0.1, 0.15) is 25.0 Å². The molecule has 94 valence electrons. The molecule has 1 aromatic carbocycles. The number of halogens is 1. The first-order valence-corrected chi connectivity index (χ1v) is 5.21. The molecule has 0 aliphatic carbocycles. The summed E-state index contributed by atoms with van der Waals surface area (Å²) in [5.74, 6) is -0.619. The van der Waals surface area contributed by atoms with Crippen LogP contribution >= 0.6 is 0 Å². The van der Waals surface area contributed by atoms with Gasteiger partial charge in [0.1, 0.15) is 11.6 Å². The SMILES string of the molecule is COC(=O)CCOc1cc(F)ccc1C(C)O. The van der Waals surface area contributed by atoms with Gasteiger partial charge in [0.2, 0.25) is 0 Å². The second kappa shape index (κ2) is 6.20. The Hall–Kier alpha value is -1.62. The van der Waals surface area contributed by atoms with E-state index in [4.69, 9.17) is 4.74 Å². The number of benzene rings is 1. The molecule has 0 heterocycles. The van der Waals surface area contributed by atoms with Gasteiger partial charge in [-0.25, -0.2) is 4.39 Å². The highest BCUT2D eigenvalue weighted by Gasteiger charge is 2.11. The molecular weight excluding hydrogens is 227 g/mol. The molecule has 1 rings (SSSR count). The molecule has 1 aromatic rings. The molecule has 1 N–H and O–H groups in total. The largest absolute Gasteiger partial charge is 0.492 e. The Balaban J connectivity index is 2.68. The van der Waals surface area contributed by atoms with Crippen molar-refractivity contribution >= 4 is 5.97 Å². The zero-order valence-corrected chi connectivity index (χ0v) is 9.77. The first-order valence-electron chi connectivity index (χ1n) is 5.21. The first-order chi connectivity index (χ1) is 8.04. The van der Waals surface area contributed by atoms with E-state index < -0.39 is 17.9 Å². The summed E-state index contributed by atoms with van der Waals surface area (Å²) >= 11 is 0. The van der Waals surface area contributed by atoms with Crippen molar-refractivity contribution in [1.29, 1.82) is 0 Å². The van der Waals surface area contributed by atoms with Crippen LogP contribution in [0.25, 0.3) is 0 Å². The molecule has 0 aromatic heterocycles. The van der Waals surface area contributed by atoms with Crippen LogP contribution in [0.3, 0.4) is 0 Å². The van der Waals surface area contributed by atoms with Gasteiger partial charge in [-0.2, -0.15) is 0 Å². The number of carbonyl (C=O) groups is 1. The fourth-order valence-corrected chi connectivity index (χ4v) is 1.32. The Labute approximate surface area is 99.0 Å². The summed E-state index contributed by atoms with van der Waals surface area (Å²) in [6.07, 6.45) is -0.685. The minimum absolute atomic E-state index is 0.0757. The Morgan fingerprint density at radius 2 is 2.24 bits per heavy atom. The fourth-order valence-electron chi connectivity index (χ4n) is 1.32. The van der Waals surface area contributed by atoms with E-state index in [2.05, 4.69) is 4.74 Å². The topological polar surface area (TPSA) is 55.8 Å². The van der Waals surface area contributed by atoms with E-state index in [1.807, 2.05) is 0 Å². The lowest BCUT2D eigenvalue weighted by Crippen LogP contribution is -2.09. The second-order valence-electron chi connectivity index (χ2n) is 3.53. The fraction of sp³-hybridized carbons (Fsp3) is 0.417. The van der Waals surface area contributed by atoms with Crippen LogP contribution in [0.4, 0.5) is 4.39 Å². The van der Waals surface area contributed by atoms with E-state index >= 15 is 0 Å². The minimum atomic E-state index is -0.760. The molecule has 0 saturated carbocycles. The highest BCUT2D eigenvalue weighted by Crippen LogP contribution is 2.26. The van der Waals surface area contributed by atoms with Crippen molar-refractivity contribution in [2.75, 3.05) is 13.7 Å². The average Bonchev–Trinajstić information content (AvgIpc) is 2.28. The van der Waals surface area contributed by atoms with Crippen molar-refractivity contribution in [3.05, 3.63) is 29.6 Å². The predicted molar refractivity (Wildman–Crippen MR) is 59.2 cm³/mol. The highest BCUT2D eigenvalue weighted by molar-refractivity contribution is 5.69. The Morgan fingerprint density at radius 3 is 2.82 bits per heavy atom. The molecule has 0 spiro atoms. The third kappa shape index (κ3) is 4.03. The van der Waals surface area contributed by atoms with Gasteiger partial charge in [-0.3, -0.25) is 4.79 Å². The smallest absolute Gasteiger partial charge is 0.308 e. The van der Waals surface area contributed by atoms with Gasteiger partial charge >= 0.3 is 5.97 Å². The van der Waals surface area contributed by atoms with Gasteiger partial charge in [0.15, 0.2) is 0 Å². The van der Waals surface area contributed by atoms with E-state index in [1.165, 1.54) is 25.3 Å². The van der Waals surface area contributed by atoms with E-state index in [9.17, 15) is 14.3 Å². The highest BCUT2D eigenvalue weighted by atomic mass is 19.1. The van der Waals surface area contributed by atoms with Gasteiger partial charge in [-0.05, 0) is 19.1 Å². The number of methoxy groups -OCH3 is 1. The molecule has 5 heteroatoms. The third-order valence-corrected chi connectivity index (χ3v) is 2.22. The van der Waals surface area contributed by atoms with Crippen molar-refractivity contribution in [2.45, 2.75) is 19.4 Å². The number of rotatable bonds is 5. The monoisotopic (exact) mass is 242 g/mol. The molecule has 0 saturated heterocycles. The van der Waals surface area contributed by atoms with E-state index in [-0.39, 0.29) is 18.8 Å². The van der Waals surface area contributed by atoms with E-state index in [1.54, 1.807) is 6.92 Å². The predicted octanol–water partition coefficient (Wildman–Crippen LogP) is 1.82. The molecule has 0 bridgehead atoms. The van der Waals surface area contributed by atoms with Crippen molar-refractivity contribution < 1.29 is 23.8 Å². The summed E-state index contributed by atoms with van der Waals surface area (Å²) in [7, 11) is 1.28. The Kier molecular flexibility index (Phi) is 4.90. The molecule has 0 aliphatic rings. The molecule has 0 radical (unpaired) electrons. The molecule has 0 fully saturated rings. The summed E-state index contributed by atoms with van der Waals surface area (Å²) < 4.78 is 22.7. The van der Waals surface area contributed by atoms with Crippen LogP contribution < -0.4 is 4.74 Å². The number of esters is 1. The number of aliphatic hydroxyl groups excluding tert-OH is 1. The summed E-state index contributed by atoms with van der Waals surface area (Å²) in [6.45, 7) is 1.64. The van der Waals surface area contributed by atoms with Gasteiger partial charge in [-0.15, -0.1) is 0 Å². The van der Waals surface area contributed by atoms with Gasteiger partial charge < -0.3 is 14.6 Å². The zero-order valence-electron chi connectivity index (χ0n) is 9.77. The van der Waals surface area contributed by atoms with Gasteiger partial charge in [0.25, 0.3) is 0 Å². The third-order valence-electron chi connectivity index (χ3n) is 2.22. The number of ether oxygens (including phenoxy) is 2. The Morgan fingerprint density at radius 1 is 1.53 bits per heavy atom. The lowest BCUT2D eigenvalue weighted by atomic mass is 10.1. The van der Waals surface area contributed by atoms with Gasteiger partial charge in [0.05, 0.1) is 26.2 Å². The van der Waals surface area contributed by atoms with E-state index in [0.717, 1.165) is 0 Å². The van der Waals surface area contributed by atoms with Crippen LogP contribution in [-0.4, -0.2) is 24.8 Å².